The van der Waals surface area contributed by atoms with Gasteiger partial charge in [-0.05, 0) is 62.7 Å². The maximum atomic E-state index is 11.6. The molecule has 0 spiro atoms. The largest absolute Gasteiger partial charge is 0.411 e. The molecule has 4 heteroatoms. The van der Waals surface area contributed by atoms with Gasteiger partial charge in [0.25, 0.3) is 0 Å². The van der Waals surface area contributed by atoms with E-state index in [2.05, 4.69) is 25.7 Å². The maximum Gasteiger partial charge on any atom is 0.184 e. The van der Waals surface area contributed by atoms with Gasteiger partial charge in [0.1, 0.15) is 5.60 Å². The number of hydrogen-bond donors (Lipinski definition) is 1. The fourth-order valence-corrected chi connectivity index (χ4v) is 5.74. The Balaban J connectivity index is 2.06. The van der Waals surface area contributed by atoms with Crippen molar-refractivity contribution in [3.8, 4) is 0 Å². The highest BCUT2D eigenvalue weighted by molar-refractivity contribution is 6.69. The molecule has 0 radical (unpaired) electrons. The van der Waals surface area contributed by atoms with E-state index in [0.29, 0.717) is 0 Å². The first-order valence-electron chi connectivity index (χ1n) is 7.80. The predicted molar refractivity (Wildman–Crippen MR) is 85.4 cm³/mol. The number of hydrogen-bond acceptors (Lipinski definition) is 3. The molecule has 0 unspecified atom stereocenters. The van der Waals surface area contributed by atoms with Crippen molar-refractivity contribution in [3.63, 3.8) is 0 Å². The number of allylic oxidation sites excluding steroid dienone is 2. The number of carbonyl (C=O) groups excluding carboxylic acids is 1. The first-order chi connectivity index (χ1) is 9.75. The molecule has 0 aromatic rings. The van der Waals surface area contributed by atoms with E-state index < -0.39 is 13.9 Å². The molecular formula is C17H24O3Si. The molecule has 0 aliphatic heterocycles. The van der Waals surface area contributed by atoms with Gasteiger partial charge in [0.05, 0.1) is 5.60 Å². The smallest absolute Gasteiger partial charge is 0.184 e. The highest BCUT2D eigenvalue weighted by Crippen LogP contribution is 2.53. The Morgan fingerprint density at radius 1 is 1.33 bits per heavy atom. The Labute approximate surface area is 127 Å². The van der Waals surface area contributed by atoms with Crippen molar-refractivity contribution in [2.45, 2.75) is 56.5 Å². The van der Waals surface area contributed by atoms with Crippen molar-refractivity contribution in [2.24, 2.45) is 5.92 Å². The molecule has 0 heterocycles. The molecule has 3 nitrogen and oxygen atoms in total. The summed E-state index contributed by atoms with van der Waals surface area (Å²) >= 11 is 0. The van der Waals surface area contributed by atoms with E-state index in [-0.39, 0.29) is 17.3 Å². The number of aliphatic hydroxyl groups is 1. The van der Waals surface area contributed by atoms with E-state index in [4.69, 9.17) is 4.43 Å². The maximum absolute atomic E-state index is 11.6. The molecule has 21 heavy (non-hydrogen) atoms. The summed E-state index contributed by atoms with van der Waals surface area (Å²) in [6.07, 6.45) is 12.6. The topological polar surface area (TPSA) is 46.5 Å². The second-order valence-electron chi connectivity index (χ2n) is 7.49. The molecule has 0 bridgehead atoms. The summed E-state index contributed by atoms with van der Waals surface area (Å²) in [6, 6.07) is 0. The number of fused-ring (bicyclic) bond motifs is 3. The van der Waals surface area contributed by atoms with Crippen LogP contribution in [0.5, 0.6) is 0 Å². The molecule has 0 amide bonds. The minimum absolute atomic E-state index is 0.0299. The van der Waals surface area contributed by atoms with Crippen LogP contribution in [0.3, 0.4) is 0 Å². The molecule has 1 fully saturated rings. The monoisotopic (exact) mass is 304 g/mol. The summed E-state index contributed by atoms with van der Waals surface area (Å²) in [7, 11) is -1.72. The molecule has 1 N–H and O–H groups in total. The van der Waals surface area contributed by atoms with E-state index >= 15 is 0 Å². The lowest BCUT2D eigenvalue weighted by atomic mass is 9.72. The van der Waals surface area contributed by atoms with E-state index in [1.807, 2.05) is 6.08 Å². The van der Waals surface area contributed by atoms with Crippen LogP contribution in [0.2, 0.25) is 19.6 Å². The Hall–Kier alpha value is -0.973. The number of ketones is 1. The van der Waals surface area contributed by atoms with Crippen molar-refractivity contribution >= 4 is 14.1 Å². The van der Waals surface area contributed by atoms with Crippen molar-refractivity contribution in [3.05, 3.63) is 36.0 Å². The van der Waals surface area contributed by atoms with Gasteiger partial charge in [-0.15, -0.1) is 0 Å². The van der Waals surface area contributed by atoms with E-state index in [1.54, 1.807) is 12.2 Å². The third-order valence-corrected chi connectivity index (χ3v) is 5.81. The van der Waals surface area contributed by atoms with E-state index in [9.17, 15) is 9.90 Å². The summed E-state index contributed by atoms with van der Waals surface area (Å²) in [6.45, 7) is 6.60. The van der Waals surface area contributed by atoms with Crippen LogP contribution in [-0.4, -0.2) is 30.4 Å². The summed E-state index contributed by atoms with van der Waals surface area (Å²) < 4.78 is 6.59. The highest BCUT2D eigenvalue weighted by atomic mass is 28.4. The van der Waals surface area contributed by atoms with Gasteiger partial charge < -0.3 is 9.53 Å². The average molecular weight is 304 g/mol. The van der Waals surface area contributed by atoms with Crippen LogP contribution < -0.4 is 0 Å². The standard InChI is InChI=1S/C17H24O3Si/c1-21(2,3)20-16-9-4-6-13-12-14(18)8-11-17(13,19)15(16)7-5-10-16/h4,6,8,11-12,15,19H,5,7,9-10H2,1-3H3/t15-,16+,17-/m1/s1. The summed E-state index contributed by atoms with van der Waals surface area (Å²) in [4.78, 5) is 11.6. The Bertz CT molecular complexity index is 555. The van der Waals surface area contributed by atoms with Crippen molar-refractivity contribution in [1.29, 1.82) is 0 Å². The van der Waals surface area contributed by atoms with E-state index in [1.165, 1.54) is 6.08 Å². The Morgan fingerprint density at radius 3 is 2.81 bits per heavy atom. The summed E-state index contributed by atoms with van der Waals surface area (Å²) in [5, 5.41) is 11.3. The fourth-order valence-electron chi connectivity index (χ4n) is 4.19. The van der Waals surface area contributed by atoms with Gasteiger partial charge in [-0.1, -0.05) is 18.6 Å². The van der Waals surface area contributed by atoms with Gasteiger partial charge in [0, 0.05) is 5.92 Å². The van der Waals surface area contributed by atoms with Crippen LogP contribution in [0, 0.1) is 5.92 Å². The average Bonchev–Trinajstić information content (AvgIpc) is 2.71. The molecule has 3 aliphatic rings. The lowest BCUT2D eigenvalue weighted by Crippen LogP contribution is -2.53. The van der Waals surface area contributed by atoms with E-state index in [0.717, 1.165) is 31.3 Å². The summed E-state index contributed by atoms with van der Waals surface area (Å²) in [5.74, 6) is -0.0155. The lowest BCUT2D eigenvalue weighted by Gasteiger charge is -2.46. The third kappa shape index (κ3) is 2.49. The second-order valence-corrected chi connectivity index (χ2v) is 11.9. The van der Waals surface area contributed by atoms with Crippen molar-refractivity contribution < 1.29 is 14.3 Å². The molecule has 1 saturated carbocycles. The van der Waals surface area contributed by atoms with Gasteiger partial charge in [0.2, 0.25) is 0 Å². The summed E-state index contributed by atoms with van der Waals surface area (Å²) in [5.41, 5.74) is -0.615. The SMILES string of the molecule is C[Si](C)(C)O[C@]12CC=CC3=CC(=O)C=C[C@]3(O)[C@@H]1CCC2. The minimum atomic E-state index is -1.72. The molecule has 114 valence electrons. The van der Waals surface area contributed by atoms with Gasteiger partial charge >= 0.3 is 0 Å². The zero-order valence-corrected chi connectivity index (χ0v) is 14.1. The molecule has 3 atom stereocenters. The first kappa shape index (κ1) is 14.9. The predicted octanol–water partition coefficient (Wildman–Crippen LogP) is 3.13. The Kier molecular flexibility index (Phi) is 3.39. The van der Waals surface area contributed by atoms with Gasteiger partial charge in [-0.2, -0.15) is 0 Å². The fraction of sp³-hybridized carbons (Fsp3) is 0.588. The molecule has 0 aromatic heterocycles. The second kappa shape index (κ2) is 4.76. The molecule has 3 rings (SSSR count). The van der Waals surface area contributed by atoms with Crippen molar-refractivity contribution in [1.82, 2.24) is 0 Å². The molecule has 3 aliphatic carbocycles. The van der Waals surface area contributed by atoms with Crippen LogP contribution in [0.15, 0.2) is 36.0 Å². The number of carbonyl (C=O) groups is 1. The van der Waals surface area contributed by atoms with Crippen LogP contribution in [0.25, 0.3) is 0 Å². The van der Waals surface area contributed by atoms with Crippen LogP contribution in [0.4, 0.5) is 0 Å². The quantitative estimate of drug-likeness (QED) is 0.797. The van der Waals surface area contributed by atoms with Gasteiger partial charge in [-0.25, -0.2) is 0 Å². The highest BCUT2D eigenvalue weighted by Gasteiger charge is 2.56. The normalized spacial score (nSPS) is 38.8. The lowest BCUT2D eigenvalue weighted by molar-refractivity contribution is -0.111. The zero-order valence-electron chi connectivity index (χ0n) is 13.1. The molecule has 0 saturated heterocycles. The third-order valence-electron chi connectivity index (χ3n) is 4.79. The van der Waals surface area contributed by atoms with Crippen LogP contribution >= 0.6 is 0 Å². The number of rotatable bonds is 2. The first-order valence-corrected chi connectivity index (χ1v) is 11.2. The van der Waals surface area contributed by atoms with Gasteiger partial charge in [-0.3, -0.25) is 4.79 Å². The van der Waals surface area contributed by atoms with Gasteiger partial charge in [0.15, 0.2) is 14.1 Å². The van der Waals surface area contributed by atoms with Crippen LogP contribution in [-0.2, 0) is 9.22 Å². The van der Waals surface area contributed by atoms with Crippen LogP contribution in [0.1, 0.15) is 25.7 Å². The van der Waals surface area contributed by atoms with Crippen molar-refractivity contribution in [2.75, 3.05) is 0 Å². The molecular weight excluding hydrogens is 280 g/mol. The zero-order chi connectivity index (χ0) is 15.3. The minimum Gasteiger partial charge on any atom is -0.411 e. The Morgan fingerprint density at radius 2 is 2.10 bits per heavy atom. The molecule has 0 aromatic carbocycles.